The Labute approximate surface area is 187 Å². The van der Waals surface area contributed by atoms with E-state index in [0.29, 0.717) is 11.3 Å². The van der Waals surface area contributed by atoms with E-state index in [1.807, 2.05) is 72.5 Å². The number of aromatic amines is 1. The highest BCUT2D eigenvalue weighted by Gasteiger charge is 2.38. The van der Waals surface area contributed by atoms with E-state index in [9.17, 15) is 4.79 Å². The lowest BCUT2D eigenvalue weighted by molar-refractivity contribution is 0.0985. The van der Waals surface area contributed by atoms with Crippen molar-refractivity contribution in [3.63, 3.8) is 0 Å². The number of aliphatic imine (C=N–C) groups is 1. The lowest BCUT2D eigenvalue weighted by Gasteiger charge is -2.25. The van der Waals surface area contributed by atoms with E-state index in [1.165, 1.54) is 0 Å². The van der Waals surface area contributed by atoms with Crippen molar-refractivity contribution >= 4 is 23.4 Å². The zero-order valence-corrected chi connectivity index (χ0v) is 18.4. The van der Waals surface area contributed by atoms with E-state index < -0.39 is 0 Å². The molecule has 0 bridgehead atoms. The lowest BCUT2D eigenvalue weighted by Crippen LogP contribution is -2.42. The molecule has 1 amide bonds. The van der Waals surface area contributed by atoms with Crippen LogP contribution in [0.15, 0.2) is 83.2 Å². The number of anilines is 1. The van der Waals surface area contributed by atoms with Crippen molar-refractivity contribution in [2.45, 2.75) is 26.3 Å². The van der Waals surface area contributed by atoms with Gasteiger partial charge >= 0.3 is 0 Å². The van der Waals surface area contributed by atoms with E-state index in [1.54, 1.807) is 7.11 Å². The van der Waals surface area contributed by atoms with Crippen LogP contribution < -0.4 is 4.90 Å². The number of amides is 1. The van der Waals surface area contributed by atoms with Crippen LogP contribution >= 0.6 is 0 Å². The molecule has 2 aromatic carbocycles. The van der Waals surface area contributed by atoms with Gasteiger partial charge in [-0.25, -0.2) is 4.99 Å². The van der Waals surface area contributed by atoms with Gasteiger partial charge < -0.3 is 9.72 Å². The standard InChI is InChI=1S/C27H25N3O2/c1-17-13-18(2)28-21(17)15-23-26(32-3)16-22(29-23)25-14-20-11-7-8-12-24(20)30(25)27(31)19-9-5-4-6-10-19/h4-13,15-16,25,28H,14H2,1-3H3/b23-15+. The maximum Gasteiger partial charge on any atom is 0.258 e. The second-order valence-electron chi connectivity index (χ2n) is 8.22. The third-order valence-corrected chi connectivity index (χ3v) is 6.03. The molecule has 0 radical (unpaired) electrons. The van der Waals surface area contributed by atoms with Crippen LogP contribution in [0.5, 0.6) is 0 Å². The number of H-pyrrole nitrogens is 1. The molecule has 160 valence electrons. The first kappa shape index (κ1) is 20.1. The Bertz CT molecular complexity index is 1280. The molecule has 5 nitrogen and oxygen atoms in total. The van der Waals surface area contributed by atoms with Crippen molar-refractivity contribution in [3.05, 3.63) is 106 Å². The van der Waals surface area contributed by atoms with Gasteiger partial charge in [-0.05, 0) is 55.3 Å². The number of fused-ring (bicyclic) bond motifs is 1. The fraction of sp³-hybridized carbons (Fsp3) is 0.185. The predicted molar refractivity (Wildman–Crippen MR) is 128 cm³/mol. The zero-order valence-electron chi connectivity index (χ0n) is 18.4. The van der Waals surface area contributed by atoms with Crippen molar-refractivity contribution in [2.24, 2.45) is 4.99 Å². The van der Waals surface area contributed by atoms with Gasteiger partial charge in [0, 0.05) is 35.1 Å². The van der Waals surface area contributed by atoms with Crippen LogP contribution in [0.1, 0.15) is 32.9 Å². The largest absolute Gasteiger partial charge is 0.494 e. The summed E-state index contributed by atoms with van der Waals surface area (Å²) < 4.78 is 5.65. The van der Waals surface area contributed by atoms with Gasteiger partial charge in [-0.1, -0.05) is 36.4 Å². The third kappa shape index (κ3) is 3.46. The Morgan fingerprint density at radius 2 is 1.88 bits per heavy atom. The summed E-state index contributed by atoms with van der Waals surface area (Å²) in [5, 5.41) is 0. The van der Waals surface area contributed by atoms with Crippen LogP contribution in [-0.2, 0) is 11.2 Å². The van der Waals surface area contributed by atoms with E-state index in [0.717, 1.165) is 46.0 Å². The molecule has 2 aliphatic rings. The summed E-state index contributed by atoms with van der Waals surface area (Å²) in [5.74, 6) is 0.679. The molecular formula is C27H25N3O2. The number of aryl methyl sites for hydroxylation is 2. The minimum absolute atomic E-state index is 0.0242. The van der Waals surface area contributed by atoms with Crippen molar-refractivity contribution < 1.29 is 9.53 Å². The number of hydrogen-bond donors (Lipinski definition) is 1. The summed E-state index contributed by atoms with van der Waals surface area (Å²) in [4.78, 5) is 23.7. The minimum Gasteiger partial charge on any atom is -0.494 e. The molecule has 5 rings (SSSR count). The molecule has 3 aromatic rings. The quantitative estimate of drug-likeness (QED) is 0.625. The number of carbonyl (C=O) groups excluding carboxylic acids is 1. The summed E-state index contributed by atoms with van der Waals surface area (Å²) in [6.45, 7) is 4.10. The van der Waals surface area contributed by atoms with Crippen molar-refractivity contribution in [1.29, 1.82) is 0 Å². The molecule has 1 aromatic heterocycles. The smallest absolute Gasteiger partial charge is 0.258 e. The fourth-order valence-corrected chi connectivity index (χ4v) is 4.50. The molecule has 1 unspecified atom stereocenters. The van der Waals surface area contributed by atoms with Gasteiger partial charge in [0.15, 0.2) is 0 Å². The highest BCUT2D eigenvalue weighted by atomic mass is 16.5. The molecule has 32 heavy (non-hydrogen) atoms. The average Bonchev–Trinajstić information content (AvgIpc) is 3.48. The number of para-hydroxylation sites is 1. The SMILES string of the molecule is COC1=CC(C2Cc3ccccc3N2C(=O)c2ccccc2)=N/C1=C/c1[nH]c(C)cc1C. The Kier molecular flexibility index (Phi) is 5.02. The van der Waals surface area contributed by atoms with Crippen LogP contribution in [0.4, 0.5) is 5.69 Å². The molecule has 1 N–H and O–H groups in total. The summed E-state index contributed by atoms with van der Waals surface area (Å²) in [5.41, 5.74) is 7.60. The van der Waals surface area contributed by atoms with E-state index in [4.69, 9.17) is 9.73 Å². The molecule has 0 saturated carbocycles. The minimum atomic E-state index is -0.192. The lowest BCUT2D eigenvalue weighted by atomic mass is 10.1. The molecule has 3 heterocycles. The molecule has 0 spiro atoms. The van der Waals surface area contributed by atoms with Gasteiger partial charge in [0.05, 0.1) is 18.9 Å². The number of benzene rings is 2. The third-order valence-electron chi connectivity index (χ3n) is 6.03. The highest BCUT2D eigenvalue weighted by Crippen LogP contribution is 2.36. The second-order valence-corrected chi connectivity index (χ2v) is 8.22. The molecule has 0 aliphatic carbocycles. The number of ether oxygens (including phenoxy) is 1. The van der Waals surface area contributed by atoms with E-state index in [2.05, 4.69) is 24.0 Å². The van der Waals surface area contributed by atoms with Gasteiger partial charge in [0.2, 0.25) is 0 Å². The Morgan fingerprint density at radius 3 is 2.59 bits per heavy atom. The molecule has 2 aliphatic heterocycles. The van der Waals surface area contributed by atoms with Crippen LogP contribution in [0.3, 0.4) is 0 Å². The zero-order chi connectivity index (χ0) is 22.2. The monoisotopic (exact) mass is 423 g/mol. The topological polar surface area (TPSA) is 57.7 Å². The first-order valence-electron chi connectivity index (χ1n) is 10.7. The predicted octanol–water partition coefficient (Wildman–Crippen LogP) is 5.23. The van der Waals surface area contributed by atoms with Gasteiger partial charge in [0.25, 0.3) is 5.91 Å². The average molecular weight is 424 g/mol. The first-order chi connectivity index (χ1) is 15.5. The number of methoxy groups -OCH3 is 1. The normalized spacial score (nSPS) is 18.5. The molecular weight excluding hydrogens is 398 g/mol. The van der Waals surface area contributed by atoms with Crippen LogP contribution in [0.2, 0.25) is 0 Å². The number of rotatable bonds is 4. The molecule has 5 heteroatoms. The molecule has 0 fully saturated rings. The molecule has 1 atom stereocenters. The second kappa shape index (κ2) is 8.00. The number of nitrogens with zero attached hydrogens (tertiary/aromatic N) is 2. The Hall–Kier alpha value is -3.86. The van der Waals surface area contributed by atoms with Crippen molar-refractivity contribution in [2.75, 3.05) is 12.0 Å². The summed E-state index contributed by atoms with van der Waals surface area (Å²) in [6.07, 6.45) is 4.68. The fourth-order valence-electron chi connectivity index (χ4n) is 4.50. The number of nitrogens with one attached hydrogen (secondary N) is 1. The summed E-state index contributed by atoms with van der Waals surface area (Å²) in [6, 6.07) is 19.4. The maximum atomic E-state index is 13.5. The van der Waals surface area contributed by atoms with Gasteiger partial charge in [-0.15, -0.1) is 0 Å². The van der Waals surface area contributed by atoms with Crippen molar-refractivity contribution in [1.82, 2.24) is 4.98 Å². The van der Waals surface area contributed by atoms with E-state index >= 15 is 0 Å². The summed E-state index contributed by atoms with van der Waals surface area (Å²) in [7, 11) is 1.65. The number of hydrogen-bond acceptors (Lipinski definition) is 3. The highest BCUT2D eigenvalue weighted by molar-refractivity contribution is 6.16. The van der Waals surface area contributed by atoms with E-state index in [-0.39, 0.29) is 11.9 Å². The maximum absolute atomic E-state index is 13.5. The number of aromatic nitrogens is 1. The van der Waals surface area contributed by atoms with Crippen LogP contribution in [-0.4, -0.2) is 29.8 Å². The van der Waals surface area contributed by atoms with Crippen LogP contribution in [0, 0.1) is 13.8 Å². The first-order valence-corrected chi connectivity index (χ1v) is 10.7. The van der Waals surface area contributed by atoms with Gasteiger partial charge in [0.1, 0.15) is 11.5 Å². The van der Waals surface area contributed by atoms with Gasteiger partial charge in [-0.3, -0.25) is 9.69 Å². The van der Waals surface area contributed by atoms with Crippen molar-refractivity contribution in [3.8, 4) is 0 Å². The molecule has 0 saturated heterocycles. The van der Waals surface area contributed by atoms with Gasteiger partial charge in [-0.2, -0.15) is 0 Å². The summed E-state index contributed by atoms with van der Waals surface area (Å²) >= 11 is 0. The van der Waals surface area contributed by atoms with Crippen LogP contribution in [0.25, 0.3) is 6.08 Å². The Morgan fingerprint density at radius 1 is 1.12 bits per heavy atom. The number of carbonyl (C=O) groups is 1. The Balaban J connectivity index is 1.56.